The van der Waals surface area contributed by atoms with E-state index in [1.807, 2.05) is 0 Å². The van der Waals surface area contributed by atoms with Crippen molar-refractivity contribution in [2.75, 3.05) is 0 Å². The van der Waals surface area contributed by atoms with Crippen LogP contribution >= 0.6 is 0 Å². The van der Waals surface area contributed by atoms with Crippen LogP contribution in [-0.4, -0.2) is 27.3 Å². The van der Waals surface area contributed by atoms with Gasteiger partial charge >= 0.3 is 41.5 Å². The number of carboxylic acids is 2. The summed E-state index contributed by atoms with van der Waals surface area (Å²) < 4.78 is 0. The van der Waals surface area contributed by atoms with E-state index in [1.54, 1.807) is 0 Å². The molecule has 5 nitrogen and oxygen atoms in total. The fourth-order valence-corrected chi connectivity index (χ4v) is 0.214. The van der Waals surface area contributed by atoms with Crippen molar-refractivity contribution in [3.63, 3.8) is 0 Å². The molecule has 0 heterocycles. The van der Waals surface area contributed by atoms with Gasteiger partial charge in [-0.1, -0.05) is 6.58 Å². The summed E-state index contributed by atoms with van der Waals surface area (Å²) in [5.74, 6) is -2.15. The first kappa shape index (κ1) is 19.2. The van der Waals surface area contributed by atoms with E-state index in [2.05, 4.69) is 19.2 Å². The molecule has 0 amide bonds. The Hall–Kier alpha value is -0.430. The standard InChI is InChI=1S/C4H6O4.C3H4OS.Na/c5-3(6)1-2-4(7)8;1-2-3(4)5;/h1-2H2,(H,5,6)(H,7,8);2H,1H2,(H,4,5);/q;;+1/p-1. The molecule has 74 valence electrons. The maximum atomic E-state index is 9.64. The summed E-state index contributed by atoms with van der Waals surface area (Å²) in [6, 6.07) is 0. The fraction of sp³-hybridized carbons (Fsp3) is 0.286. The zero-order valence-corrected chi connectivity index (χ0v) is 10.5. The third-order valence-electron chi connectivity index (χ3n) is 0.719. The zero-order valence-electron chi connectivity index (χ0n) is 7.73. The molecule has 0 aliphatic rings. The molecule has 0 saturated heterocycles. The Kier molecular flexibility index (Phi) is 17.2. The molecular weight excluding hydrogens is 219 g/mol. The molecule has 2 N–H and O–H groups in total. The third-order valence-corrected chi connectivity index (χ3v) is 0.886. The van der Waals surface area contributed by atoms with Gasteiger partial charge in [0, 0.05) is 5.12 Å². The molecular formula is C7H9NaO5S. The number of aliphatic carboxylic acids is 2. The summed E-state index contributed by atoms with van der Waals surface area (Å²) in [4.78, 5) is 28.8. The number of carboxylic acid groups (broad SMARTS) is 2. The minimum Gasteiger partial charge on any atom is -0.737 e. The average Bonchev–Trinajstić information content (AvgIpc) is 2.02. The smallest absolute Gasteiger partial charge is 0.737 e. The van der Waals surface area contributed by atoms with Gasteiger partial charge < -0.3 is 27.6 Å². The van der Waals surface area contributed by atoms with E-state index in [1.165, 1.54) is 0 Å². The molecule has 0 radical (unpaired) electrons. The number of hydrogen-bond acceptors (Lipinski definition) is 4. The Morgan fingerprint density at radius 1 is 1.14 bits per heavy atom. The number of rotatable bonds is 4. The van der Waals surface area contributed by atoms with Crippen molar-refractivity contribution in [2.24, 2.45) is 0 Å². The number of hydrogen-bond donors (Lipinski definition) is 2. The summed E-state index contributed by atoms with van der Waals surface area (Å²) >= 11 is 4.02. The van der Waals surface area contributed by atoms with E-state index in [-0.39, 0.29) is 42.4 Å². The third kappa shape index (κ3) is 29.9. The van der Waals surface area contributed by atoms with Crippen LogP contribution in [0.1, 0.15) is 12.8 Å². The van der Waals surface area contributed by atoms with Crippen LogP contribution < -0.4 is 29.6 Å². The van der Waals surface area contributed by atoms with Gasteiger partial charge in [-0.2, -0.15) is 0 Å². The van der Waals surface area contributed by atoms with Crippen molar-refractivity contribution in [1.29, 1.82) is 0 Å². The largest absolute Gasteiger partial charge is 1.00 e. The second-order valence-electron chi connectivity index (χ2n) is 1.81. The van der Waals surface area contributed by atoms with Gasteiger partial charge in [-0.05, 0) is 6.08 Å². The van der Waals surface area contributed by atoms with Crippen LogP contribution in [0, 0.1) is 0 Å². The summed E-state index contributed by atoms with van der Waals surface area (Å²) in [6.07, 6.45) is 0.500. The van der Waals surface area contributed by atoms with Crippen molar-refractivity contribution < 1.29 is 54.2 Å². The summed E-state index contributed by atoms with van der Waals surface area (Å²) in [5, 5.41) is 15.4. The predicted octanol–water partition coefficient (Wildman–Crippen LogP) is -2.81. The summed E-state index contributed by atoms with van der Waals surface area (Å²) in [5.41, 5.74) is 0. The molecule has 7 heteroatoms. The molecule has 0 aromatic heterocycles. The predicted molar refractivity (Wildman–Crippen MR) is 47.1 cm³/mol. The molecule has 0 spiro atoms. The van der Waals surface area contributed by atoms with Crippen LogP contribution in [0.3, 0.4) is 0 Å². The molecule has 0 aliphatic carbocycles. The Balaban J connectivity index is -0.000000177. The molecule has 0 rings (SSSR count). The van der Waals surface area contributed by atoms with Crippen LogP contribution in [0.15, 0.2) is 12.7 Å². The van der Waals surface area contributed by atoms with E-state index in [0.717, 1.165) is 6.08 Å². The Morgan fingerprint density at radius 3 is 1.43 bits per heavy atom. The van der Waals surface area contributed by atoms with Crippen molar-refractivity contribution >= 4 is 29.7 Å². The van der Waals surface area contributed by atoms with Gasteiger partial charge in [0.15, 0.2) is 0 Å². The van der Waals surface area contributed by atoms with Gasteiger partial charge in [0.25, 0.3) is 0 Å². The van der Waals surface area contributed by atoms with Crippen LogP contribution in [-0.2, 0) is 27.0 Å². The first-order chi connectivity index (χ1) is 5.90. The monoisotopic (exact) mass is 228 g/mol. The minimum absolute atomic E-state index is 0. The van der Waals surface area contributed by atoms with Gasteiger partial charge in [-0.15, -0.1) is 0 Å². The summed E-state index contributed by atoms with van der Waals surface area (Å²) in [6.45, 7) is 3.11. The van der Waals surface area contributed by atoms with Gasteiger partial charge in [0.1, 0.15) is 0 Å². The average molecular weight is 228 g/mol. The molecule has 0 aromatic carbocycles. The van der Waals surface area contributed by atoms with E-state index in [0.29, 0.717) is 0 Å². The first-order valence-corrected chi connectivity index (χ1v) is 3.58. The maximum absolute atomic E-state index is 9.64. The van der Waals surface area contributed by atoms with E-state index >= 15 is 0 Å². The van der Waals surface area contributed by atoms with E-state index in [9.17, 15) is 14.4 Å². The van der Waals surface area contributed by atoms with Gasteiger partial charge in [0.05, 0.1) is 12.8 Å². The molecule has 0 bridgehead atoms. The fourth-order valence-electron chi connectivity index (χ4n) is 0.214. The van der Waals surface area contributed by atoms with Gasteiger partial charge in [0.2, 0.25) is 0 Å². The molecule has 0 fully saturated rings. The zero-order chi connectivity index (χ0) is 10.9. The number of carbonyl (C=O) groups is 3. The first-order valence-electron chi connectivity index (χ1n) is 3.17. The minimum atomic E-state index is -1.08. The van der Waals surface area contributed by atoms with Gasteiger partial charge in [-0.25, -0.2) is 0 Å². The Bertz CT molecular complexity index is 202. The molecule has 0 atom stereocenters. The molecule has 0 unspecified atom stereocenters. The van der Waals surface area contributed by atoms with Crippen LogP contribution in [0.25, 0.3) is 0 Å². The normalized spacial score (nSPS) is 7.14. The van der Waals surface area contributed by atoms with Crippen LogP contribution in [0.2, 0.25) is 0 Å². The maximum Gasteiger partial charge on any atom is 1.00 e. The molecule has 0 aliphatic heterocycles. The Labute approximate surface area is 109 Å². The van der Waals surface area contributed by atoms with Crippen molar-refractivity contribution in [2.45, 2.75) is 12.8 Å². The van der Waals surface area contributed by atoms with Crippen LogP contribution in [0.4, 0.5) is 0 Å². The van der Waals surface area contributed by atoms with Crippen molar-refractivity contribution in [1.82, 2.24) is 0 Å². The molecule has 0 saturated carbocycles. The second kappa shape index (κ2) is 12.6. The quantitative estimate of drug-likeness (QED) is 0.306. The van der Waals surface area contributed by atoms with Crippen molar-refractivity contribution in [3.05, 3.63) is 12.7 Å². The van der Waals surface area contributed by atoms with Gasteiger partial charge in [-0.3, -0.25) is 9.59 Å². The van der Waals surface area contributed by atoms with E-state index < -0.39 is 17.1 Å². The van der Waals surface area contributed by atoms with E-state index in [4.69, 9.17) is 10.2 Å². The molecule has 14 heavy (non-hydrogen) atoms. The summed E-state index contributed by atoms with van der Waals surface area (Å²) in [7, 11) is 0. The SMILES string of the molecule is C=CC(=O)[S-].O=C(O)CCC(=O)O.[Na+]. The Morgan fingerprint density at radius 2 is 1.36 bits per heavy atom. The molecule has 0 aromatic rings. The number of carbonyl (C=O) groups excluding carboxylic acids is 1. The van der Waals surface area contributed by atoms with Crippen LogP contribution in [0.5, 0.6) is 0 Å². The second-order valence-corrected chi connectivity index (χ2v) is 2.21. The van der Waals surface area contributed by atoms with Crippen molar-refractivity contribution in [3.8, 4) is 0 Å². The topological polar surface area (TPSA) is 91.7 Å².